The van der Waals surface area contributed by atoms with Crippen molar-refractivity contribution in [3.05, 3.63) is 53.1 Å². The Morgan fingerprint density at radius 3 is 2.73 bits per heavy atom. The van der Waals surface area contributed by atoms with Gasteiger partial charge in [-0.1, -0.05) is 17.7 Å². The first-order valence-corrected chi connectivity index (χ1v) is 8.29. The van der Waals surface area contributed by atoms with Gasteiger partial charge in [-0.25, -0.2) is 4.98 Å². The van der Waals surface area contributed by atoms with Crippen molar-refractivity contribution in [2.24, 2.45) is 5.92 Å². The molecule has 2 aromatic heterocycles. The zero-order chi connectivity index (χ0) is 18.7. The number of carbonyl (C=O) groups excluding carboxylic acids is 1. The van der Waals surface area contributed by atoms with Gasteiger partial charge in [0.05, 0.1) is 18.5 Å². The monoisotopic (exact) mass is 385 g/mol. The molecule has 0 saturated heterocycles. The van der Waals surface area contributed by atoms with Gasteiger partial charge in [-0.05, 0) is 30.9 Å². The van der Waals surface area contributed by atoms with Crippen molar-refractivity contribution < 1.29 is 22.7 Å². The molecule has 2 aromatic rings. The SMILES string of the molecule is O=C(N[C@@H](c1ccccn1)C(F)(F)F)c1cc(OCC2CC2)c(Cl)cn1. The van der Waals surface area contributed by atoms with E-state index in [1.807, 2.05) is 5.32 Å². The van der Waals surface area contributed by atoms with Gasteiger partial charge >= 0.3 is 6.18 Å². The fourth-order valence-electron chi connectivity index (χ4n) is 2.22. The zero-order valence-electron chi connectivity index (χ0n) is 13.5. The Hall–Kier alpha value is -2.35. The van der Waals surface area contributed by atoms with Gasteiger partial charge in [-0.15, -0.1) is 0 Å². The van der Waals surface area contributed by atoms with Crippen molar-refractivity contribution in [3.63, 3.8) is 0 Å². The Kier molecular flexibility index (Phi) is 5.31. The number of halogens is 4. The van der Waals surface area contributed by atoms with Crippen molar-refractivity contribution in [1.82, 2.24) is 15.3 Å². The van der Waals surface area contributed by atoms with E-state index < -0.39 is 18.1 Å². The minimum Gasteiger partial charge on any atom is -0.492 e. The summed E-state index contributed by atoms with van der Waals surface area (Å²) in [5.74, 6) is -0.318. The van der Waals surface area contributed by atoms with Crippen LogP contribution in [0.25, 0.3) is 0 Å². The molecule has 138 valence electrons. The highest BCUT2D eigenvalue weighted by molar-refractivity contribution is 6.32. The quantitative estimate of drug-likeness (QED) is 0.817. The molecule has 1 saturated carbocycles. The van der Waals surface area contributed by atoms with E-state index in [2.05, 4.69) is 9.97 Å². The predicted molar refractivity (Wildman–Crippen MR) is 88.0 cm³/mol. The zero-order valence-corrected chi connectivity index (χ0v) is 14.2. The highest BCUT2D eigenvalue weighted by atomic mass is 35.5. The average Bonchev–Trinajstić information content (AvgIpc) is 3.43. The molecule has 0 aromatic carbocycles. The summed E-state index contributed by atoms with van der Waals surface area (Å²) in [5, 5.41) is 2.12. The molecule has 3 rings (SSSR count). The Morgan fingerprint density at radius 1 is 1.35 bits per heavy atom. The standard InChI is InChI=1S/C17H15ClF3N3O2/c18-11-8-23-13(7-14(11)26-9-10-4-5-10)16(25)24-15(17(19,20)21)12-3-1-2-6-22-12/h1-3,6-8,10,15H,4-5,9H2,(H,24,25)/t15-/m0/s1. The number of carbonyl (C=O) groups is 1. The highest BCUT2D eigenvalue weighted by Crippen LogP contribution is 2.33. The minimum absolute atomic E-state index is 0.194. The fraction of sp³-hybridized carbons (Fsp3) is 0.353. The Labute approximate surface area is 152 Å². The number of hydrogen-bond acceptors (Lipinski definition) is 4. The van der Waals surface area contributed by atoms with Crippen molar-refractivity contribution in [1.29, 1.82) is 0 Å². The van der Waals surface area contributed by atoms with Crippen LogP contribution in [0.1, 0.15) is 35.1 Å². The van der Waals surface area contributed by atoms with Gasteiger partial charge in [0, 0.05) is 12.3 Å². The third-order valence-corrected chi connectivity index (χ3v) is 4.09. The van der Waals surface area contributed by atoms with Gasteiger partial charge in [-0.2, -0.15) is 13.2 Å². The number of amides is 1. The first kappa shape index (κ1) is 18.4. The molecule has 5 nitrogen and oxygen atoms in total. The van der Waals surface area contributed by atoms with Crippen LogP contribution in [-0.4, -0.2) is 28.7 Å². The van der Waals surface area contributed by atoms with E-state index in [4.69, 9.17) is 16.3 Å². The molecular formula is C17H15ClF3N3O2. The van der Waals surface area contributed by atoms with E-state index in [-0.39, 0.29) is 22.2 Å². The van der Waals surface area contributed by atoms with Gasteiger partial charge in [-0.3, -0.25) is 9.78 Å². The maximum atomic E-state index is 13.3. The van der Waals surface area contributed by atoms with Gasteiger partial charge < -0.3 is 10.1 Å². The number of alkyl halides is 3. The van der Waals surface area contributed by atoms with Crippen LogP contribution in [0, 0.1) is 5.92 Å². The number of nitrogens with zero attached hydrogens (tertiary/aromatic N) is 2. The molecule has 9 heteroatoms. The lowest BCUT2D eigenvalue weighted by Gasteiger charge is -2.21. The number of pyridine rings is 2. The molecule has 1 aliphatic rings. The summed E-state index contributed by atoms with van der Waals surface area (Å²) in [4.78, 5) is 19.8. The largest absolute Gasteiger partial charge is 0.492 e. The highest BCUT2D eigenvalue weighted by Gasteiger charge is 2.43. The number of nitrogens with one attached hydrogen (secondary N) is 1. The van der Waals surface area contributed by atoms with Gasteiger partial charge in [0.15, 0.2) is 6.04 Å². The van der Waals surface area contributed by atoms with Crippen molar-refractivity contribution in [2.75, 3.05) is 6.61 Å². The summed E-state index contributed by atoms with van der Waals surface area (Å²) in [6.07, 6.45) is -0.171. The summed E-state index contributed by atoms with van der Waals surface area (Å²) in [6.45, 7) is 0.448. The number of hydrogen-bond donors (Lipinski definition) is 1. The lowest BCUT2D eigenvalue weighted by molar-refractivity contribution is -0.156. The maximum Gasteiger partial charge on any atom is 0.414 e. The molecule has 2 heterocycles. The molecule has 0 bridgehead atoms. The Morgan fingerprint density at radius 2 is 2.12 bits per heavy atom. The summed E-state index contributed by atoms with van der Waals surface area (Å²) < 4.78 is 45.5. The second-order valence-electron chi connectivity index (χ2n) is 5.96. The third kappa shape index (κ3) is 4.63. The van der Waals surface area contributed by atoms with Crippen LogP contribution in [0.4, 0.5) is 13.2 Å². The average molecular weight is 386 g/mol. The molecule has 0 unspecified atom stereocenters. The molecule has 1 aliphatic carbocycles. The molecule has 0 aliphatic heterocycles. The summed E-state index contributed by atoms with van der Waals surface area (Å²) in [6, 6.07) is 3.09. The van der Waals surface area contributed by atoms with Gasteiger partial charge in [0.25, 0.3) is 5.91 Å². The molecule has 1 N–H and O–H groups in total. The summed E-state index contributed by atoms with van der Waals surface area (Å²) in [5.41, 5.74) is -0.530. The van der Waals surface area contributed by atoms with Crippen LogP contribution in [0.15, 0.2) is 36.7 Å². The normalized spacial score (nSPS) is 15.4. The van der Waals surface area contributed by atoms with Crippen LogP contribution in [0.2, 0.25) is 5.02 Å². The third-order valence-electron chi connectivity index (χ3n) is 3.81. The van der Waals surface area contributed by atoms with Crippen LogP contribution >= 0.6 is 11.6 Å². The fourth-order valence-corrected chi connectivity index (χ4v) is 2.38. The second kappa shape index (κ2) is 7.49. The first-order chi connectivity index (χ1) is 12.3. The topological polar surface area (TPSA) is 64.1 Å². The van der Waals surface area contributed by atoms with E-state index in [1.54, 1.807) is 0 Å². The molecule has 0 spiro atoms. The maximum absolute atomic E-state index is 13.3. The van der Waals surface area contributed by atoms with E-state index in [1.165, 1.54) is 36.7 Å². The van der Waals surface area contributed by atoms with Crippen LogP contribution in [0.3, 0.4) is 0 Å². The first-order valence-electron chi connectivity index (χ1n) is 7.91. The van der Waals surface area contributed by atoms with E-state index in [9.17, 15) is 18.0 Å². The van der Waals surface area contributed by atoms with Crippen LogP contribution in [-0.2, 0) is 0 Å². The second-order valence-corrected chi connectivity index (χ2v) is 6.36. The molecule has 26 heavy (non-hydrogen) atoms. The van der Waals surface area contributed by atoms with E-state index in [0.29, 0.717) is 12.5 Å². The van der Waals surface area contributed by atoms with Crippen LogP contribution in [0.5, 0.6) is 5.75 Å². The minimum atomic E-state index is -4.71. The van der Waals surface area contributed by atoms with Gasteiger partial charge in [0.2, 0.25) is 0 Å². The molecule has 0 radical (unpaired) electrons. The molecular weight excluding hydrogens is 371 g/mol. The predicted octanol–water partition coefficient (Wildman–Crippen LogP) is 3.95. The molecule has 1 atom stereocenters. The number of aromatic nitrogens is 2. The summed E-state index contributed by atoms with van der Waals surface area (Å²) in [7, 11) is 0. The molecule has 1 fully saturated rings. The van der Waals surface area contributed by atoms with Crippen molar-refractivity contribution >= 4 is 17.5 Å². The number of rotatable bonds is 6. The van der Waals surface area contributed by atoms with E-state index >= 15 is 0 Å². The lowest BCUT2D eigenvalue weighted by Crippen LogP contribution is -2.39. The smallest absolute Gasteiger partial charge is 0.414 e. The Balaban J connectivity index is 1.77. The van der Waals surface area contributed by atoms with Crippen LogP contribution < -0.4 is 10.1 Å². The Bertz CT molecular complexity index is 783. The van der Waals surface area contributed by atoms with E-state index in [0.717, 1.165) is 12.8 Å². The van der Waals surface area contributed by atoms with Gasteiger partial charge in [0.1, 0.15) is 16.5 Å². The van der Waals surface area contributed by atoms with Crippen molar-refractivity contribution in [3.8, 4) is 5.75 Å². The summed E-state index contributed by atoms with van der Waals surface area (Å²) >= 11 is 5.97. The lowest BCUT2D eigenvalue weighted by atomic mass is 10.1. The molecule has 1 amide bonds. The van der Waals surface area contributed by atoms with Crippen molar-refractivity contribution in [2.45, 2.75) is 25.1 Å². The number of ether oxygens (including phenoxy) is 1.